The molecule has 0 aromatic heterocycles. The molecular weight excluding hydrogens is 481 g/mol. The Kier molecular flexibility index (Phi) is 15.5. The summed E-state index contributed by atoms with van der Waals surface area (Å²) in [5.74, 6) is -0.436. The van der Waals surface area contributed by atoms with E-state index < -0.39 is 57.1 Å². The molecule has 1 unspecified atom stereocenters. The lowest BCUT2D eigenvalue weighted by molar-refractivity contribution is -0.272. The Morgan fingerprint density at radius 2 is 1.65 bits per heavy atom. The third-order valence-electron chi connectivity index (χ3n) is 4.78. The van der Waals surface area contributed by atoms with E-state index in [9.17, 15) is 29.6 Å². The fourth-order valence-corrected chi connectivity index (χ4v) is 3.62. The van der Waals surface area contributed by atoms with E-state index in [1.807, 2.05) is 0 Å². The third kappa shape index (κ3) is 11.8. The van der Waals surface area contributed by atoms with Gasteiger partial charge < -0.3 is 49.2 Å². The van der Waals surface area contributed by atoms with Gasteiger partial charge in [0.1, 0.15) is 24.4 Å². The topological polar surface area (TPSA) is 192 Å². The Morgan fingerprint density at radius 1 is 1.06 bits per heavy atom. The Labute approximate surface area is 199 Å². The lowest BCUT2D eigenvalue weighted by Crippen LogP contribution is -2.64. The van der Waals surface area contributed by atoms with Crippen molar-refractivity contribution in [2.45, 2.75) is 57.0 Å². The zero-order valence-corrected chi connectivity index (χ0v) is 20.6. The van der Waals surface area contributed by atoms with Gasteiger partial charge >= 0.3 is 7.82 Å². The summed E-state index contributed by atoms with van der Waals surface area (Å²) in [6.45, 7) is 3.99. The summed E-state index contributed by atoms with van der Waals surface area (Å²) in [6, 6.07) is -1.00. The maximum atomic E-state index is 11.4. The van der Waals surface area contributed by atoms with Crippen molar-refractivity contribution in [1.29, 1.82) is 0 Å². The Bertz CT molecular complexity index is 613. The van der Waals surface area contributed by atoms with Crippen LogP contribution < -0.4 is 5.32 Å². The van der Waals surface area contributed by atoms with Gasteiger partial charge in [-0.3, -0.25) is 13.8 Å². The monoisotopic (exact) mass is 519 g/mol. The molecule has 0 aromatic rings. The molecule has 5 N–H and O–H groups in total. The molecular formula is C19H38NO13P. The quantitative estimate of drug-likeness (QED) is 0.104. The van der Waals surface area contributed by atoms with Crippen molar-refractivity contribution in [3.63, 3.8) is 0 Å². The predicted molar refractivity (Wildman–Crippen MR) is 116 cm³/mol. The molecule has 0 bridgehead atoms. The number of phosphoric ester groups is 1. The van der Waals surface area contributed by atoms with Gasteiger partial charge in [0.15, 0.2) is 6.29 Å². The number of hydrogen-bond donors (Lipinski definition) is 5. The van der Waals surface area contributed by atoms with Crippen LogP contribution in [-0.4, -0.2) is 123 Å². The summed E-state index contributed by atoms with van der Waals surface area (Å²) in [6.07, 6.45) is -4.97. The van der Waals surface area contributed by atoms with Crippen LogP contribution in [0.4, 0.5) is 0 Å². The molecule has 1 amide bonds. The van der Waals surface area contributed by atoms with E-state index >= 15 is 0 Å². The molecule has 0 aromatic carbocycles. The van der Waals surface area contributed by atoms with Crippen molar-refractivity contribution in [1.82, 2.24) is 5.32 Å². The average molecular weight is 519 g/mol. The fourth-order valence-electron chi connectivity index (χ4n) is 2.94. The first-order chi connectivity index (χ1) is 16.1. The molecule has 15 heteroatoms. The van der Waals surface area contributed by atoms with Crippen molar-refractivity contribution in [3.05, 3.63) is 0 Å². The first-order valence-corrected chi connectivity index (χ1v) is 12.5. The molecule has 1 saturated heterocycles. The van der Waals surface area contributed by atoms with Gasteiger partial charge in [-0.15, -0.1) is 0 Å². The molecule has 1 aliphatic rings. The van der Waals surface area contributed by atoms with E-state index in [1.165, 1.54) is 6.92 Å². The second kappa shape index (κ2) is 16.8. The molecule has 0 radical (unpaired) electrons. The molecule has 1 fully saturated rings. The zero-order chi connectivity index (χ0) is 25.6. The van der Waals surface area contributed by atoms with Crippen LogP contribution in [0.2, 0.25) is 0 Å². The first-order valence-electron chi connectivity index (χ1n) is 11.0. The molecule has 1 rings (SSSR count). The van der Waals surface area contributed by atoms with Crippen LogP contribution in [-0.2, 0) is 42.1 Å². The van der Waals surface area contributed by atoms with Gasteiger partial charge in [-0.1, -0.05) is 6.92 Å². The number of hydrogen-bond acceptors (Lipinski definition) is 12. The molecule has 1 aliphatic heterocycles. The van der Waals surface area contributed by atoms with Crippen LogP contribution in [0.25, 0.3) is 0 Å². The third-order valence-corrected chi connectivity index (χ3v) is 5.80. The smallest absolute Gasteiger partial charge is 0.394 e. The summed E-state index contributed by atoms with van der Waals surface area (Å²) in [5, 5.41) is 31.9. The van der Waals surface area contributed by atoms with Crippen molar-refractivity contribution >= 4 is 13.7 Å². The normalized spacial score (nSPS) is 27.8. The lowest BCUT2D eigenvalue weighted by atomic mass is 9.97. The van der Waals surface area contributed by atoms with E-state index in [2.05, 4.69) is 9.84 Å². The number of amides is 1. The van der Waals surface area contributed by atoms with E-state index in [4.69, 9.17) is 28.2 Å². The Hall–Kier alpha value is -0.740. The second-order valence-corrected chi connectivity index (χ2v) is 8.90. The highest BCUT2D eigenvalue weighted by atomic mass is 31.2. The highest BCUT2D eigenvalue weighted by molar-refractivity contribution is 7.47. The molecule has 1 heterocycles. The molecule has 7 atom stereocenters. The Morgan fingerprint density at radius 3 is 2.18 bits per heavy atom. The van der Waals surface area contributed by atoms with Crippen molar-refractivity contribution in [2.24, 2.45) is 0 Å². The average Bonchev–Trinajstić information content (AvgIpc) is 2.80. The number of phosphoric acid groups is 1. The highest BCUT2D eigenvalue weighted by Gasteiger charge is 2.45. The van der Waals surface area contributed by atoms with E-state index in [0.717, 1.165) is 7.11 Å². The maximum absolute atomic E-state index is 11.4. The minimum Gasteiger partial charge on any atom is -0.394 e. The molecule has 34 heavy (non-hydrogen) atoms. The minimum atomic E-state index is -4.05. The van der Waals surface area contributed by atoms with Crippen LogP contribution >= 0.6 is 7.82 Å². The first kappa shape index (κ1) is 31.3. The number of aliphatic hydroxyl groups is 3. The van der Waals surface area contributed by atoms with Crippen LogP contribution in [0.15, 0.2) is 0 Å². The van der Waals surface area contributed by atoms with Crippen LogP contribution in [0.1, 0.15) is 20.3 Å². The fraction of sp³-hybridized carbons (Fsp3) is 0.947. The highest BCUT2D eigenvalue weighted by Crippen LogP contribution is 2.43. The predicted octanol–water partition coefficient (Wildman–Crippen LogP) is -1.46. The molecule has 0 spiro atoms. The van der Waals surface area contributed by atoms with Crippen molar-refractivity contribution in [3.8, 4) is 0 Å². The molecule has 202 valence electrons. The number of aliphatic hydroxyl groups excluding tert-OH is 3. The van der Waals surface area contributed by atoms with Gasteiger partial charge in [0, 0.05) is 14.0 Å². The molecule has 0 saturated carbocycles. The summed E-state index contributed by atoms with van der Waals surface area (Å²) in [7, 11) is -2.97. The van der Waals surface area contributed by atoms with Gasteiger partial charge in [0.25, 0.3) is 0 Å². The zero-order valence-electron chi connectivity index (χ0n) is 19.7. The largest absolute Gasteiger partial charge is 0.472 e. The molecule has 14 nitrogen and oxygen atoms in total. The van der Waals surface area contributed by atoms with Crippen molar-refractivity contribution < 1.29 is 62.3 Å². The number of ether oxygens (including phenoxy) is 5. The van der Waals surface area contributed by atoms with Crippen LogP contribution in [0.3, 0.4) is 0 Å². The van der Waals surface area contributed by atoms with Crippen molar-refractivity contribution in [2.75, 3.05) is 60.0 Å². The van der Waals surface area contributed by atoms with Gasteiger partial charge in [0.2, 0.25) is 5.91 Å². The molecule has 0 aliphatic carbocycles. The number of carbonyl (C=O) groups is 1. The number of nitrogens with one attached hydrogen (secondary N) is 1. The van der Waals surface area contributed by atoms with E-state index in [0.29, 0.717) is 13.0 Å². The van der Waals surface area contributed by atoms with E-state index in [-0.39, 0.29) is 39.6 Å². The SMILES string of the molecule is CC[C@@H](COCCOCCOCCO[C@@H]1O[C@H](CO)[C@H](O)[C@H](O)[C@H]1NC(C)=O)OP(=O)(O)OC. The summed E-state index contributed by atoms with van der Waals surface area (Å²) >= 11 is 0. The number of rotatable bonds is 18. The van der Waals surface area contributed by atoms with E-state index in [1.54, 1.807) is 6.92 Å². The number of carbonyl (C=O) groups excluding carboxylic acids is 1. The second-order valence-electron chi connectivity index (χ2n) is 7.39. The Balaban J connectivity index is 2.15. The van der Waals surface area contributed by atoms with Gasteiger partial charge in [-0.25, -0.2) is 4.57 Å². The summed E-state index contributed by atoms with van der Waals surface area (Å²) in [4.78, 5) is 20.7. The van der Waals surface area contributed by atoms with Gasteiger partial charge in [-0.2, -0.15) is 0 Å². The maximum Gasteiger partial charge on any atom is 0.472 e. The lowest BCUT2D eigenvalue weighted by Gasteiger charge is -2.42. The van der Waals surface area contributed by atoms with Crippen LogP contribution in [0, 0.1) is 0 Å². The minimum absolute atomic E-state index is 0.0689. The van der Waals surface area contributed by atoms with Gasteiger partial charge in [-0.05, 0) is 6.42 Å². The van der Waals surface area contributed by atoms with Crippen LogP contribution in [0.5, 0.6) is 0 Å². The summed E-state index contributed by atoms with van der Waals surface area (Å²) < 4.78 is 47.8. The summed E-state index contributed by atoms with van der Waals surface area (Å²) in [5.41, 5.74) is 0. The standard InChI is InChI=1S/C19H38NO13P/c1-4-14(33-34(25,26)27-3)12-30-8-7-28-5-6-29-9-10-31-19-16(20-13(2)22)18(24)17(23)15(11-21)32-19/h14-19,21,23-24H,4-12H2,1-3H3,(H,20,22)(H,25,26)/t14-,15+,16+,17-,18+,19+/m0/s1. The van der Waals surface area contributed by atoms with Gasteiger partial charge in [0.05, 0.1) is 59.0 Å².